The van der Waals surface area contributed by atoms with Crippen LogP contribution < -0.4 is 10.1 Å². The first-order valence-electron chi connectivity index (χ1n) is 9.30. The van der Waals surface area contributed by atoms with Crippen LogP contribution in [0.5, 0.6) is 5.75 Å². The molecule has 0 heterocycles. The molecule has 30 heavy (non-hydrogen) atoms. The van der Waals surface area contributed by atoms with E-state index in [1.54, 1.807) is 31.4 Å². The average Bonchev–Trinajstić information content (AvgIpc) is 2.77. The summed E-state index contributed by atoms with van der Waals surface area (Å²) in [5, 5.41) is 2.89. The molecule has 150 valence electrons. The van der Waals surface area contributed by atoms with Crippen molar-refractivity contribution in [3.63, 3.8) is 0 Å². The van der Waals surface area contributed by atoms with Crippen molar-refractivity contribution in [2.24, 2.45) is 0 Å². The molecule has 1 amide bonds. The van der Waals surface area contributed by atoms with Crippen LogP contribution in [0.2, 0.25) is 0 Å². The third-order valence-corrected chi connectivity index (χ3v) is 4.28. The van der Waals surface area contributed by atoms with Gasteiger partial charge in [0.2, 0.25) is 5.91 Å². The van der Waals surface area contributed by atoms with E-state index in [1.165, 1.54) is 7.11 Å². The summed E-state index contributed by atoms with van der Waals surface area (Å²) in [5.74, 6) is 6.27. The largest absolute Gasteiger partial charge is 0.497 e. The highest BCUT2D eigenvalue weighted by atomic mass is 16.5. The number of amides is 1. The number of esters is 1. The third-order valence-electron chi connectivity index (χ3n) is 4.28. The molecule has 1 N–H and O–H groups in total. The molecule has 0 aliphatic heterocycles. The zero-order valence-corrected chi connectivity index (χ0v) is 16.8. The Kier molecular flexibility index (Phi) is 6.86. The molecule has 0 unspecified atom stereocenters. The van der Waals surface area contributed by atoms with Crippen LogP contribution in [-0.4, -0.2) is 26.1 Å². The highest BCUT2D eigenvalue weighted by Crippen LogP contribution is 2.15. The summed E-state index contributed by atoms with van der Waals surface area (Å²) in [4.78, 5) is 24.0. The molecule has 0 aromatic heterocycles. The predicted octanol–water partition coefficient (Wildman–Crippen LogP) is 4.06. The van der Waals surface area contributed by atoms with Crippen molar-refractivity contribution in [3.05, 3.63) is 95.1 Å². The lowest BCUT2D eigenvalue weighted by Gasteiger charge is -2.07. The highest BCUT2D eigenvalue weighted by molar-refractivity contribution is 5.92. The maximum atomic E-state index is 12.4. The Labute approximate surface area is 175 Å². The molecule has 0 bridgehead atoms. The molecular weight excluding hydrogens is 378 g/mol. The van der Waals surface area contributed by atoms with E-state index in [0.29, 0.717) is 22.6 Å². The van der Waals surface area contributed by atoms with Gasteiger partial charge in [-0.1, -0.05) is 36.1 Å². The fraction of sp³-hybridized carbons (Fsp3) is 0.120. The van der Waals surface area contributed by atoms with Crippen LogP contribution >= 0.6 is 0 Å². The Morgan fingerprint density at radius 3 is 2.30 bits per heavy atom. The van der Waals surface area contributed by atoms with E-state index in [4.69, 9.17) is 9.47 Å². The van der Waals surface area contributed by atoms with Crippen LogP contribution in [0.4, 0.5) is 5.69 Å². The van der Waals surface area contributed by atoms with E-state index in [1.807, 2.05) is 48.5 Å². The van der Waals surface area contributed by atoms with Gasteiger partial charge >= 0.3 is 5.97 Å². The van der Waals surface area contributed by atoms with Gasteiger partial charge < -0.3 is 14.8 Å². The van der Waals surface area contributed by atoms with E-state index >= 15 is 0 Å². The zero-order chi connectivity index (χ0) is 21.3. The van der Waals surface area contributed by atoms with E-state index in [9.17, 15) is 9.59 Å². The molecule has 0 aliphatic carbocycles. The number of nitrogens with one attached hydrogen (secondary N) is 1. The van der Waals surface area contributed by atoms with Crippen molar-refractivity contribution in [2.45, 2.75) is 6.42 Å². The van der Waals surface area contributed by atoms with Crippen LogP contribution in [0, 0.1) is 11.8 Å². The lowest BCUT2D eigenvalue weighted by molar-refractivity contribution is -0.115. The number of carbonyl (C=O) groups excluding carboxylic acids is 2. The van der Waals surface area contributed by atoms with Crippen LogP contribution in [0.1, 0.15) is 27.0 Å². The van der Waals surface area contributed by atoms with Crippen molar-refractivity contribution in [3.8, 4) is 17.6 Å². The van der Waals surface area contributed by atoms with Crippen LogP contribution in [-0.2, 0) is 16.0 Å². The van der Waals surface area contributed by atoms with E-state index in [0.717, 1.165) is 11.1 Å². The van der Waals surface area contributed by atoms with Gasteiger partial charge in [-0.25, -0.2) is 4.79 Å². The van der Waals surface area contributed by atoms with Gasteiger partial charge in [-0.05, 0) is 54.1 Å². The quantitative estimate of drug-likeness (QED) is 0.519. The van der Waals surface area contributed by atoms with Gasteiger partial charge in [0.1, 0.15) is 5.75 Å². The second-order valence-electron chi connectivity index (χ2n) is 6.48. The number of ether oxygens (including phenoxy) is 2. The van der Waals surface area contributed by atoms with Gasteiger partial charge in [-0.15, -0.1) is 0 Å². The van der Waals surface area contributed by atoms with Crippen molar-refractivity contribution in [1.29, 1.82) is 0 Å². The van der Waals surface area contributed by atoms with Crippen molar-refractivity contribution < 1.29 is 19.1 Å². The smallest absolute Gasteiger partial charge is 0.337 e. The summed E-state index contributed by atoms with van der Waals surface area (Å²) in [7, 11) is 2.94. The van der Waals surface area contributed by atoms with E-state index in [2.05, 4.69) is 17.2 Å². The van der Waals surface area contributed by atoms with Crippen LogP contribution in [0.3, 0.4) is 0 Å². The van der Waals surface area contributed by atoms with Gasteiger partial charge in [-0.2, -0.15) is 0 Å². The Hall–Kier alpha value is -4.04. The Morgan fingerprint density at radius 2 is 1.57 bits per heavy atom. The van der Waals surface area contributed by atoms with Gasteiger partial charge in [0, 0.05) is 16.8 Å². The maximum Gasteiger partial charge on any atom is 0.337 e. The normalized spacial score (nSPS) is 9.80. The molecule has 3 rings (SSSR count). The number of carbonyl (C=O) groups is 2. The summed E-state index contributed by atoms with van der Waals surface area (Å²) in [6.45, 7) is 0. The molecule has 5 heteroatoms. The third kappa shape index (κ3) is 5.73. The first-order valence-corrected chi connectivity index (χ1v) is 9.30. The predicted molar refractivity (Wildman–Crippen MR) is 116 cm³/mol. The Morgan fingerprint density at radius 1 is 0.867 bits per heavy atom. The second kappa shape index (κ2) is 9.94. The highest BCUT2D eigenvalue weighted by Gasteiger charge is 2.06. The second-order valence-corrected chi connectivity index (χ2v) is 6.48. The number of anilines is 1. The van der Waals surface area contributed by atoms with Gasteiger partial charge in [0.25, 0.3) is 0 Å². The molecular formula is C25H21NO4. The Bertz CT molecular complexity index is 1120. The monoisotopic (exact) mass is 399 g/mol. The molecule has 3 aromatic rings. The summed E-state index contributed by atoms with van der Waals surface area (Å²) >= 11 is 0. The standard InChI is InChI=1S/C25H21NO4/c1-29-23-11-5-8-20(16-23)17-24(27)26-22-10-4-7-19(15-22)13-12-18-6-3-9-21(14-18)25(28)30-2/h3-11,14-16H,17H2,1-2H3,(H,26,27). The first-order chi connectivity index (χ1) is 14.6. The summed E-state index contributed by atoms with van der Waals surface area (Å²) in [6.07, 6.45) is 0.243. The van der Waals surface area contributed by atoms with Gasteiger partial charge in [-0.3, -0.25) is 4.79 Å². The molecule has 0 atom stereocenters. The molecule has 0 aliphatic rings. The zero-order valence-electron chi connectivity index (χ0n) is 16.8. The van der Waals surface area contributed by atoms with Crippen LogP contribution in [0.25, 0.3) is 0 Å². The lowest BCUT2D eigenvalue weighted by Crippen LogP contribution is -2.14. The first kappa shape index (κ1) is 20.7. The van der Waals surface area contributed by atoms with Gasteiger partial charge in [0.05, 0.1) is 26.2 Å². The minimum atomic E-state index is -0.403. The fourth-order valence-electron chi connectivity index (χ4n) is 2.83. The maximum absolute atomic E-state index is 12.4. The minimum Gasteiger partial charge on any atom is -0.497 e. The molecule has 3 aromatic carbocycles. The Balaban J connectivity index is 1.69. The average molecular weight is 399 g/mol. The molecule has 0 saturated heterocycles. The lowest BCUT2D eigenvalue weighted by atomic mass is 10.1. The molecule has 0 saturated carbocycles. The molecule has 5 nitrogen and oxygen atoms in total. The number of methoxy groups -OCH3 is 2. The number of hydrogen-bond donors (Lipinski definition) is 1. The number of hydrogen-bond acceptors (Lipinski definition) is 4. The van der Waals surface area contributed by atoms with E-state index in [-0.39, 0.29) is 12.3 Å². The van der Waals surface area contributed by atoms with Crippen molar-refractivity contribution in [2.75, 3.05) is 19.5 Å². The summed E-state index contributed by atoms with van der Waals surface area (Å²) < 4.78 is 9.92. The number of benzene rings is 3. The fourth-order valence-corrected chi connectivity index (χ4v) is 2.83. The van der Waals surface area contributed by atoms with Crippen molar-refractivity contribution in [1.82, 2.24) is 0 Å². The van der Waals surface area contributed by atoms with E-state index < -0.39 is 5.97 Å². The van der Waals surface area contributed by atoms with Crippen molar-refractivity contribution >= 4 is 17.6 Å². The molecule has 0 radical (unpaired) electrons. The van der Waals surface area contributed by atoms with Crippen LogP contribution in [0.15, 0.2) is 72.8 Å². The summed E-state index contributed by atoms with van der Waals surface area (Å²) in [5.41, 5.74) is 3.43. The minimum absolute atomic E-state index is 0.126. The SMILES string of the molecule is COC(=O)c1cccc(C#Cc2cccc(NC(=O)Cc3cccc(OC)c3)c2)c1. The molecule has 0 fully saturated rings. The number of rotatable bonds is 5. The van der Waals surface area contributed by atoms with Gasteiger partial charge in [0.15, 0.2) is 0 Å². The topological polar surface area (TPSA) is 64.6 Å². The molecule has 0 spiro atoms. The summed E-state index contributed by atoms with van der Waals surface area (Å²) in [6, 6.07) is 21.6.